The van der Waals surface area contributed by atoms with Gasteiger partial charge in [0.1, 0.15) is 0 Å². The average Bonchev–Trinajstić information content (AvgIpc) is 2.29. The molecule has 0 radical (unpaired) electrons. The van der Waals surface area contributed by atoms with Gasteiger partial charge in [0.05, 0.1) is 18.2 Å². The quantitative estimate of drug-likeness (QED) is 0.713. The van der Waals surface area contributed by atoms with Crippen LogP contribution in [0, 0.1) is 0 Å². The Kier molecular flexibility index (Phi) is 5.68. The van der Waals surface area contributed by atoms with Gasteiger partial charge in [-0.15, -0.1) is 0 Å². The summed E-state index contributed by atoms with van der Waals surface area (Å²) in [5.74, 6) is -0.327. The van der Waals surface area contributed by atoms with Gasteiger partial charge in [0.2, 0.25) is 0 Å². The van der Waals surface area contributed by atoms with E-state index in [9.17, 15) is 9.59 Å². The molecule has 1 aliphatic heterocycles. The summed E-state index contributed by atoms with van der Waals surface area (Å²) in [6, 6.07) is -0.464. The second kappa shape index (κ2) is 7.03. The van der Waals surface area contributed by atoms with Crippen LogP contribution in [0.4, 0.5) is 4.79 Å². The fourth-order valence-corrected chi connectivity index (χ4v) is 2.11. The fourth-order valence-electron chi connectivity index (χ4n) is 2.11. The molecule has 1 rings (SSSR count). The zero-order valence-corrected chi connectivity index (χ0v) is 11.3. The average molecular weight is 254 g/mol. The van der Waals surface area contributed by atoms with Gasteiger partial charge in [0.25, 0.3) is 0 Å². The Bertz CT molecular complexity index is 350. The van der Waals surface area contributed by atoms with Crippen molar-refractivity contribution in [2.45, 2.75) is 52.5 Å². The van der Waals surface area contributed by atoms with Crippen molar-refractivity contribution in [3.05, 3.63) is 11.3 Å². The van der Waals surface area contributed by atoms with E-state index >= 15 is 0 Å². The molecule has 18 heavy (non-hydrogen) atoms. The first kappa shape index (κ1) is 14.5. The van der Waals surface area contributed by atoms with Crippen LogP contribution in [0.15, 0.2) is 11.3 Å². The Labute approximate surface area is 108 Å². The molecule has 5 nitrogen and oxygen atoms in total. The number of esters is 1. The summed E-state index contributed by atoms with van der Waals surface area (Å²) in [7, 11) is 0. The maximum absolute atomic E-state index is 12.0. The molecular formula is C13H22N2O3. The molecule has 1 atom stereocenters. The minimum Gasteiger partial charge on any atom is -0.463 e. The fraction of sp³-hybridized carbons (Fsp3) is 0.692. The number of amides is 2. The molecule has 1 heterocycles. The predicted molar refractivity (Wildman–Crippen MR) is 68.9 cm³/mol. The normalized spacial score (nSPS) is 19.3. The molecular weight excluding hydrogens is 232 g/mol. The van der Waals surface area contributed by atoms with Gasteiger partial charge in [-0.3, -0.25) is 0 Å². The summed E-state index contributed by atoms with van der Waals surface area (Å²) >= 11 is 0. The van der Waals surface area contributed by atoms with E-state index in [1.807, 2.05) is 13.8 Å². The molecule has 102 valence electrons. The first-order chi connectivity index (χ1) is 8.63. The Morgan fingerprint density at radius 1 is 1.28 bits per heavy atom. The highest BCUT2D eigenvalue weighted by molar-refractivity contribution is 5.94. The van der Waals surface area contributed by atoms with Gasteiger partial charge in [-0.25, -0.2) is 9.59 Å². The molecule has 5 heteroatoms. The predicted octanol–water partition coefficient (Wildman–Crippen LogP) is 2.09. The van der Waals surface area contributed by atoms with E-state index in [4.69, 9.17) is 4.74 Å². The zero-order valence-electron chi connectivity index (χ0n) is 11.3. The molecule has 0 unspecified atom stereocenters. The lowest BCUT2D eigenvalue weighted by atomic mass is 9.96. The van der Waals surface area contributed by atoms with Crippen LogP contribution in [0.2, 0.25) is 0 Å². The third-order valence-electron chi connectivity index (χ3n) is 2.82. The van der Waals surface area contributed by atoms with Crippen molar-refractivity contribution in [3.63, 3.8) is 0 Å². The van der Waals surface area contributed by atoms with Crippen molar-refractivity contribution in [1.82, 2.24) is 10.6 Å². The first-order valence-electron chi connectivity index (χ1n) is 6.61. The summed E-state index contributed by atoms with van der Waals surface area (Å²) in [5, 5.41) is 5.51. The van der Waals surface area contributed by atoms with Crippen LogP contribution in [0.3, 0.4) is 0 Å². The van der Waals surface area contributed by atoms with E-state index in [-0.39, 0.29) is 18.0 Å². The zero-order chi connectivity index (χ0) is 13.5. The molecule has 2 amide bonds. The third-order valence-corrected chi connectivity index (χ3v) is 2.82. The van der Waals surface area contributed by atoms with E-state index < -0.39 is 0 Å². The molecule has 0 aromatic rings. The van der Waals surface area contributed by atoms with Crippen molar-refractivity contribution in [1.29, 1.82) is 0 Å². The molecule has 0 bridgehead atoms. The Morgan fingerprint density at radius 2 is 2.00 bits per heavy atom. The standard InChI is InChI=1S/C13H22N2O3/c1-4-7-9-11(12(16)18-6-3)10(8-5-2)15-13(17)14-9/h9H,4-8H2,1-3H3,(H2,14,15,17)/t9-/m1/s1. The second-order valence-electron chi connectivity index (χ2n) is 4.30. The largest absolute Gasteiger partial charge is 0.463 e. The molecule has 0 saturated carbocycles. The lowest BCUT2D eigenvalue weighted by Gasteiger charge is -2.28. The van der Waals surface area contributed by atoms with Gasteiger partial charge < -0.3 is 15.4 Å². The van der Waals surface area contributed by atoms with Crippen molar-refractivity contribution < 1.29 is 14.3 Å². The van der Waals surface area contributed by atoms with Crippen LogP contribution in [-0.4, -0.2) is 24.6 Å². The van der Waals surface area contributed by atoms with Gasteiger partial charge in [0.15, 0.2) is 0 Å². The maximum atomic E-state index is 12.0. The van der Waals surface area contributed by atoms with E-state index in [2.05, 4.69) is 10.6 Å². The minimum absolute atomic E-state index is 0.232. The number of ether oxygens (including phenoxy) is 1. The van der Waals surface area contributed by atoms with Gasteiger partial charge in [0, 0.05) is 5.70 Å². The molecule has 0 saturated heterocycles. The highest BCUT2D eigenvalue weighted by Crippen LogP contribution is 2.20. The Balaban J connectivity index is 3.04. The van der Waals surface area contributed by atoms with E-state index in [1.54, 1.807) is 6.92 Å². The van der Waals surface area contributed by atoms with Crippen LogP contribution in [0.5, 0.6) is 0 Å². The van der Waals surface area contributed by atoms with Gasteiger partial charge in [-0.1, -0.05) is 26.7 Å². The van der Waals surface area contributed by atoms with Crippen LogP contribution in [0.25, 0.3) is 0 Å². The number of carbonyl (C=O) groups is 2. The third kappa shape index (κ3) is 3.48. The van der Waals surface area contributed by atoms with Crippen molar-refractivity contribution >= 4 is 12.0 Å². The number of urea groups is 1. The smallest absolute Gasteiger partial charge is 0.337 e. The summed E-state index contributed by atoms with van der Waals surface area (Å²) in [4.78, 5) is 23.6. The van der Waals surface area contributed by atoms with Crippen LogP contribution < -0.4 is 10.6 Å². The molecule has 1 aliphatic rings. The van der Waals surface area contributed by atoms with Gasteiger partial charge in [-0.2, -0.15) is 0 Å². The minimum atomic E-state index is -0.327. The van der Waals surface area contributed by atoms with Gasteiger partial charge >= 0.3 is 12.0 Å². The summed E-state index contributed by atoms with van der Waals surface area (Å²) in [6.45, 7) is 6.16. The monoisotopic (exact) mass is 254 g/mol. The topological polar surface area (TPSA) is 67.4 Å². The molecule has 0 aliphatic carbocycles. The molecule has 0 spiro atoms. The number of nitrogens with one attached hydrogen (secondary N) is 2. The lowest BCUT2D eigenvalue weighted by Crippen LogP contribution is -2.50. The second-order valence-corrected chi connectivity index (χ2v) is 4.30. The van der Waals surface area contributed by atoms with Crippen LogP contribution in [-0.2, 0) is 9.53 Å². The molecule has 2 N–H and O–H groups in total. The van der Waals surface area contributed by atoms with E-state index in [0.29, 0.717) is 24.3 Å². The summed E-state index contributed by atoms with van der Waals surface area (Å²) in [5.41, 5.74) is 1.29. The Hall–Kier alpha value is -1.52. The van der Waals surface area contributed by atoms with Crippen molar-refractivity contribution in [3.8, 4) is 0 Å². The highest BCUT2D eigenvalue weighted by Gasteiger charge is 2.31. The summed E-state index contributed by atoms with van der Waals surface area (Å²) < 4.78 is 5.08. The Morgan fingerprint density at radius 3 is 2.56 bits per heavy atom. The number of hydrogen-bond acceptors (Lipinski definition) is 3. The van der Waals surface area contributed by atoms with E-state index in [1.165, 1.54) is 0 Å². The van der Waals surface area contributed by atoms with Gasteiger partial charge in [-0.05, 0) is 19.8 Å². The van der Waals surface area contributed by atoms with E-state index in [0.717, 1.165) is 19.3 Å². The number of carbonyl (C=O) groups excluding carboxylic acids is 2. The highest BCUT2D eigenvalue weighted by atomic mass is 16.5. The number of hydrogen-bond donors (Lipinski definition) is 2. The molecule has 0 aromatic carbocycles. The van der Waals surface area contributed by atoms with Crippen molar-refractivity contribution in [2.24, 2.45) is 0 Å². The van der Waals surface area contributed by atoms with Crippen LogP contribution >= 0.6 is 0 Å². The maximum Gasteiger partial charge on any atom is 0.337 e. The molecule has 0 aromatic heterocycles. The molecule has 0 fully saturated rings. The SMILES string of the molecule is CCCC1=C(C(=O)OCC)[C@@H](CCC)NC(=O)N1. The first-order valence-corrected chi connectivity index (χ1v) is 6.61. The lowest BCUT2D eigenvalue weighted by molar-refractivity contribution is -0.139. The number of rotatable bonds is 6. The van der Waals surface area contributed by atoms with Crippen molar-refractivity contribution in [2.75, 3.05) is 6.61 Å². The number of allylic oxidation sites excluding steroid dienone is 1. The van der Waals surface area contributed by atoms with Crippen LogP contribution in [0.1, 0.15) is 46.5 Å². The summed E-state index contributed by atoms with van der Waals surface area (Å²) in [6.07, 6.45) is 3.20.